The largest absolute Gasteiger partial charge is 0.313 e. The second-order valence-corrected chi connectivity index (χ2v) is 6.21. The molecule has 5 heteroatoms. The third-order valence-corrected chi connectivity index (χ3v) is 3.94. The number of nitrogens with one attached hydrogen (secondary N) is 1. The van der Waals surface area contributed by atoms with Crippen LogP contribution in [0.4, 0.5) is 0 Å². The summed E-state index contributed by atoms with van der Waals surface area (Å²) in [4.78, 5) is 3.93. The first kappa shape index (κ1) is 13.5. The van der Waals surface area contributed by atoms with E-state index >= 15 is 0 Å². The minimum Gasteiger partial charge on any atom is -0.313 e. The molecule has 0 spiro atoms. The van der Waals surface area contributed by atoms with E-state index < -0.39 is 0 Å². The quantitative estimate of drug-likeness (QED) is 0.791. The van der Waals surface area contributed by atoms with Gasteiger partial charge in [-0.2, -0.15) is 16.9 Å². The summed E-state index contributed by atoms with van der Waals surface area (Å²) in [5.74, 6) is 0. The van der Waals surface area contributed by atoms with Crippen LogP contribution in [0.15, 0.2) is 12.7 Å². The number of hydrogen-bond acceptors (Lipinski definition) is 4. The first-order chi connectivity index (χ1) is 7.53. The molecule has 4 nitrogen and oxygen atoms in total. The van der Waals surface area contributed by atoms with Crippen LogP contribution >= 0.6 is 11.8 Å². The lowest BCUT2D eigenvalue weighted by Gasteiger charge is -2.25. The topological polar surface area (TPSA) is 42.7 Å². The van der Waals surface area contributed by atoms with Crippen molar-refractivity contribution in [1.29, 1.82) is 0 Å². The number of hydrogen-bond donors (Lipinski definition) is 1. The molecule has 92 valence electrons. The van der Waals surface area contributed by atoms with Gasteiger partial charge >= 0.3 is 0 Å². The summed E-state index contributed by atoms with van der Waals surface area (Å²) in [5.41, 5.74) is 0. The lowest BCUT2D eigenvalue weighted by atomic mass is 10.1. The zero-order valence-electron chi connectivity index (χ0n) is 10.6. The molecule has 0 aromatic carbocycles. The Hall–Kier alpha value is -0.550. The fraction of sp³-hybridized carbons (Fsp3) is 0.818. The predicted octanol–water partition coefficient (Wildman–Crippen LogP) is 1.79. The van der Waals surface area contributed by atoms with Crippen LogP contribution in [0.1, 0.15) is 27.2 Å². The first-order valence-electron chi connectivity index (χ1n) is 5.64. The van der Waals surface area contributed by atoms with Gasteiger partial charge < -0.3 is 5.32 Å². The van der Waals surface area contributed by atoms with E-state index in [0.717, 1.165) is 19.5 Å². The van der Waals surface area contributed by atoms with Gasteiger partial charge in [0.15, 0.2) is 0 Å². The number of rotatable bonds is 7. The predicted molar refractivity (Wildman–Crippen MR) is 69.7 cm³/mol. The molecule has 0 fully saturated rings. The molecule has 16 heavy (non-hydrogen) atoms. The number of nitrogens with zero attached hydrogens (tertiary/aromatic N) is 3. The third-order valence-electron chi connectivity index (χ3n) is 2.69. The van der Waals surface area contributed by atoms with Crippen molar-refractivity contribution in [1.82, 2.24) is 20.1 Å². The Morgan fingerprint density at radius 3 is 2.81 bits per heavy atom. The molecule has 0 aliphatic heterocycles. The molecule has 0 saturated carbocycles. The van der Waals surface area contributed by atoms with E-state index in [1.807, 2.05) is 16.4 Å². The van der Waals surface area contributed by atoms with Crippen LogP contribution in [0, 0.1) is 0 Å². The third kappa shape index (κ3) is 4.99. The highest BCUT2D eigenvalue weighted by atomic mass is 32.2. The minimum atomic E-state index is 0.307. The van der Waals surface area contributed by atoms with E-state index in [2.05, 4.69) is 42.4 Å². The summed E-state index contributed by atoms with van der Waals surface area (Å²) in [6.07, 6.45) is 6.57. The molecule has 1 rings (SSSR count). The Balaban J connectivity index is 2.18. The molecule has 1 N–H and O–H groups in total. The monoisotopic (exact) mass is 242 g/mol. The second-order valence-electron chi connectivity index (χ2n) is 4.69. The fourth-order valence-electron chi connectivity index (χ4n) is 1.27. The van der Waals surface area contributed by atoms with Crippen LogP contribution in [-0.2, 0) is 6.54 Å². The van der Waals surface area contributed by atoms with Crippen molar-refractivity contribution in [3.63, 3.8) is 0 Å². The minimum absolute atomic E-state index is 0.307. The van der Waals surface area contributed by atoms with E-state index in [0.29, 0.717) is 10.8 Å². The highest BCUT2D eigenvalue weighted by molar-refractivity contribution is 7.99. The molecule has 0 aliphatic carbocycles. The highest BCUT2D eigenvalue weighted by Gasteiger charge is 2.16. The van der Waals surface area contributed by atoms with Crippen LogP contribution in [0.3, 0.4) is 0 Å². The summed E-state index contributed by atoms with van der Waals surface area (Å²) >= 11 is 1.89. The molecule has 1 atom stereocenters. The Labute approximate surface area is 102 Å². The number of aromatic nitrogens is 3. The van der Waals surface area contributed by atoms with Gasteiger partial charge in [0.05, 0.1) is 0 Å². The van der Waals surface area contributed by atoms with Crippen molar-refractivity contribution in [3.05, 3.63) is 12.7 Å². The van der Waals surface area contributed by atoms with E-state index in [1.165, 1.54) is 0 Å². The maximum atomic E-state index is 4.09. The summed E-state index contributed by atoms with van der Waals surface area (Å²) in [5, 5.41) is 7.64. The molecule has 1 aromatic rings. The van der Waals surface area contributed by atoms with E-state index in [4.69, 9.17) is 0 Å². The first-order valence-corrected chi connectivity index (χ1v) is 6.87. The summed E-state index contributed by atoms with van der Waals surface area (Å²) in [6, 6.07) is 0.510. The van der Waals surface area contributed by atoms with Gasteiger partial charge in [-0.15, -0.1) is 0 Å². The average molecular weight is 242 g/mol. The van der Waals surface area contributed by atoms with Crippen LogP contribution < -0.4 is 5.32 Å². The van der Waals surface area contributed by atoms with Crippen molar-refractivity contribution in [2.45, 2.75) is 44.5 Å². The van der Waals surface area contributed by atoms with Crippen LogP contribution in [0.5, 0.6) is 0 Å². The van der Waals surface area contributed by atoms with E-state index in [9.17, 15) is 0 Å². The lowest BCUT2D eigenvalue weighted by Crippen LogP contribution is -2.37. The Morgan fingerprint density at radius 1 is 1.50 bits per heavy atom. The maximum absolute atomic E-state index is 4.09. The molecule has 1 unspecified atom stereocenters. The zero-order valence-corrected chi connectivity index (χ0v) is 11.4. The molecule has 0 radical (unpaired) electrons. The maximum Gasteiger partial charge on any atom is 0.137 e. The smallest absolute Gasteiger partial charge is 0.137 e. The van der Waals surface area contributed by atoms with Crippen molar-refractivity contribution < 1.29 is 0 Å². The Kier molecular flexibility index (Phi) is 5.28. The normalized spacial score (nSPS) is 14.0. The number of thioether (sulfide) groups is 1. The second kappa shape index (κ2) is 6.25. The molecule has 0 saturated heterocycles. The molecule has 0 aliphatic rings. The summed E-state index contributed by atoms with van der Waals surface area (Å²) < 4.78 is 2.18. The average Bonchev–Trinajstić information content (AvgIpc) is 2.76. The van der Waals surface area contributed by atoms with Gasteiger partial charge in [-0.3, -0.25) is 4.68 Å². The van der Waals surface area contributed by atoms with Gasteiger partial charge in [0.1, 0.15) is 12.7 Å². The molecule has 0 bridgehead atoms. The van der Waals surface area contributed by atoms with Gasteiger partial charge in [-0.05, 0) is 33.4 Å². The zero-order chi connectivity index (χ0) is 12.0. The summed E-state index contributed by atoms with van der Waals surface area (Å²) in [7, 11) is 0. The lowest BCUT2D eigenvalue weighted by molar-refractivity contribution is 0.442. The summed E-state index contributed by atoms with van der Waals surface area (Å²) in [6.45, 7) is 8.69. The fourth-order valence-corrected chi connectivity index (χ4v) is 1.50. The van der Waals surface area contributed by atoms with Crippen molar-refractivity contribution in [3.8, 4) is 0 Å². The number of aryl methyl sites for hydroxylation is 1. The molecular weight excluding hydrogens is 220 g/mol. The van der Waals surface area contributed by atoms with E-state index in [1.54, 1.807) is 12.7 Å². The molecule has 1 heterocycles. The Bertz CT molecular complexity index is 284. The van der Waals surface area contributed by atoms with Gasteiger partial charge in [0, 0.05) is 23.9 Å². The van der Waals surface area contributed by atoms with Crippen LogP contribution in [0.2, 0.25) is 0 Å². The van der Waals surface area contributed by atoms with Gasteiger partial charge in [-0.1, -0.05) is 0 Å². The van der Waals surface area contributed by atoms with E-state index in [-0.39, 0.29) is 0 Å². The van der Waals surface area contributed by atoms with Gasteiger partial charge in [0.2, 0.25) is 0 Å². The molecule has 0 amide bonds. The molecular formula is C11H22N4S. The van der Waals surface area contributed by atoms with Gasteiger partial charge in [0.25, 0.3) is 0 Å². The standard InChI is InChI=1S/C11H22N4S/c1-10(13-7-11(2,3)16-4)5-6-15-9-12-8-14-15/h8-10,13H,5-7H2,1-4H3. The SMILES string of the molecule is CSC(C)(C)CNC(C)CCn1cncn1. The van der Waals surface area contributed by atoms with Crippen molar-refractivity contribution >= 4 is 11.8 Å². The highest BCUT2D eigenvalue weighted by Crippen LogP contribution is 2.19. The molecule has 1 aromatic heterocycles. The van der Waals surface area contributed by atoms with Crippen LogP contribution in [-0.4, -0.2) is 38.4 Å². The van der Waals surface area contributed by atoms with Gasteiger partial charge in [-0.25, -0.2) is 4.98 Å². The van der Waals surface area contributed by atoms with Crippen LogP contribution in [0.25, 0.3) is 0 Å². The Morgan fingerprint density at radius 2 is 2.25 bits per heavy atom. The van der Waals surface area contributed by atoms with Crippen molar-refractivity contribution in [2.75, 3.05) is 12.8 Å². The van der Waals surface area contributed by atoms with Crippen molar-refractivity contribution in [2.24, 2.45) is 0 Å².